The monoisotopic (exact) mass is 376 g/mol. The van der Waals surface area contributed by atoms with Gasteiger partial charge in [-0.25, -0.2) is 4.98 Å². The molecule has 1 aliphatic carbocycles. The van der Waals surface area contributed by atoms with Crippen molar-refractivity contribution in [1.29, 1.82) is 0 Å². The van der Waals surface area contributed by atoms with E-state index in [1.807, 2.05) is 6.07 Å². The molecule has 2 aliphatic rings. The average Bonchev–Trinajstić information content (AvgIpc) is 3.34. The molecule has 3 nitrogen and oxygen atoms in total. The minimum Gasteiger partial charge on any atom is -0.333 e. The van der Waals surface area contributed by atoms with E-state index in [9.17, 15) is 4.79 Å². The fraction of sp³-hybridized carbons (Fsp3) is 0.391. The third-order valence-electron chi connectivity index (χ3n) is 5.94. The maximum atomic E-state index is 13.1. The molecule has 0 radical (unpaired) electrons. The summed E-state index contributed by atoms with van der Waals surface area (Å²) < 4.78 is 1.21. The van der Waals surface area contributed by atoms with Crippen LogP contribution in [0, 0.1) is 0 Å². The van der Waals surface area contributed by atoms with E-state index in [1.165, 1.54) is 35.1 Å². The molecule has 1 unspecified atom stereocenters. The van der Waals surface area contributed by atoms with Crippen molar-refractivity contribution in [2.45, 2.75) is 51.0 Å². The Balaban J connectivity index is 1.36. The SMILES string of the molecule is O=C(Cc1ccc2c(c1)CCCC2)N1CCCC1c1nc2ccccc2s1. The van der Waals surface area contributed by atoms with Crippen LogP contribution in [-0.2, 0) is 24.1 Å². The van der Waals surface area contributed by atoms with Gasteiger partial charge in [-0.2, -0.15) is 0 Å². The molecule has 1 atom stereocenters. The second kappa shape index (κ2) is 7.08. The lowest BCUT2D eigenvalue weighted by Gasteiger charge is -2.23. The van der Waals surface area contributed by atoms with E-state index in [4.69, 9.17) is 4.98 Å². The zero-order chi connectivity index (χ0) is 18.2. The van der Waals surface area contributed by atoms with Crippen LogP contribution in [0.25, 0.3) is 10.2 Å². The zero-order valence-electron chi connectivity index (χ0n) is 15.5. The van der Waals surface area contributed by atoms with Crippen molar-refractivity contribution in [2.24, 2.45) is 0 Å². The molecule has 0 spiro atoms. The van der Waals surface area contributed by atoms with Gasteiger partial charge in [0.2, 0.25) is 5.91 Å². The first-order chi connectivity index (χ1) is 13.3. The number of hydrogen-bond donors (Lipinski definition) is 0. The Morgan fingerprint density at radius 2 is 1.93 bits per heavy atom. The standard InChI is InChI=1S/C23H24N2OS/c26-22(15-16-11-12-17-6-1-2-7-18(17)14-16)25-13-5-9-20(25)23-24-19-8-3-4-10-21(19)27-23/h3-4,8,10-12,14,20H,1-2,5-7,9,13,15H2. The van der Waals surface area contributed by atoms with Gasteiger partial charge in [-0.1, -0.05) is 30.3 Å². The zero-order valence-corrected chi connectivity index (χ0v) is 16.3. The van der Waals surface area contributed by atoms with Gasteiger partial charge in [0, 0.05) is 6.54 Å². The summed E-state index contributed by atoms with van der Waals surface area (Å²) in [6, 6.07) is 15.1. The van der Waals surface area contributed by atoms with Gasteiger partial charge in [0.1, 0.15) is 5.01 Å². The molecule has 0 saturated carbocycles. The Labute approximate surface area is 164 Å². The number of para-hydroxylation sites is 1. The summed E-state index contributed by atoms with van der Waals surface area (Å²) in [5, 5.41) is 1.09. The maximum Gasteiger partial charge on any atom is 0.227 e. The molecule has 138 valence electrons. The second-order valence-electron chi connectivity index (χ2n) is 7.75. The van der Waals surface area contributed by atoms with E-state index in [0.717, 1.165) is 41.9 Å². The first-order valence-electron chi connectivity index (χ1n) is 10.0. The number of carbonyl (C=O) groups is 1. The molecular weight excluding hydrogens is 352 g/mol. The molecule has 2 heterocycles. The first kappa shape index (κ1) is 16.9. The minimum atomic E-state index is 0.146. The fourth-order valence-corrected chi connectivity index (χ4v) is 5.64. The molecule has 3 aromatic rings. The summed E-state index contributed by atoms with van der Waals surface area (Å²) in [5.41, 5.74) is 5.14. The molecule has 2 aromatic carbocycles. The number of thiazole rings is 1. The lowest BCUT2D eigenvalue weighted by atomic mass is 9.90. The number of fused-ring (bicyclic) bond motifs is 2. The van der Waals surface area contributed by atoms with E-state index in [2.05, 4.69) is 41.3 Å². The summed E-state index contributed by atoms with van der Waals surface area (Å²) in [6.45, 7) is 0.852. The highest BCUT2D eigenvalue weighted by atomic mass is 32.1. The number of amides is 1. The number of aromatic nitrogens is 1. The third-order valence-corrected chi connectivity index (χ3v) is 7.07. The number of carbonyl (C=O) groups excluding carboxylic acids is 1. The molecule has 27 heavy (non-hydrogen) atoms. The van der Waals surface area contributed by atoms with Crippen LogP contribution in [0.4, 0.5) is 0 Å². The lowest BCUT2D eigenvalue weighted by Crippen LogP contribution is -2.31. The maximum absolute atomic E-state index is 13.1. The normalized spacial score (nSPS) is 19.4. The lowest BCUT2D eigenvalue weighted by molar-refractivity contribution is -0.131. The number of hydrogen-bond acceptors (Lipinski definition) is 3. The molecule has 4 heteroatoms. The third kappa shape index (κ3) is 3.27. The Morgan fingerprint density at radius 1 is 1.07 bits per heavy atom. The number of rotatable bonds is 3. The number of benzene rings is 2. The van der Waals surface area contributed by atoms with Crippen LogP contribution in [0.15, 0.2) is 42.5 Å². The Kier molecular flexibility index (Phi) is 4.44. The van der Waals surface area contributed by atoms with Crippen molar-refractivity contribution in [1.82, 2.24) is 9.88 Å². The Morgan fingerprint density at radius 3 is 2.81 bits per heavy atom. The average molecular weight is 377 g/mol. The van der Waals surface area contributed by atoms with Crippen LogP contribution < -0.4 is 0 Å². The Hall–Kier alpha value is -2.20. The highest BCUT2D eigenvalue weighted by Gasteiger charge is 2.32. The molecule has 1 fully saturated rings. The molecule has 0 N–H and O–H groups in total. The van der Waals surface area contributed by atoms with E-state index in [1.54, 1.807) is 11.3 Å². The van der Waals surface area contributed by atoms with Crippen molar-refractivity contribution in [3.63, 3.8) is 0 Å². The summed E-state index contributed by atoms with van der Waals surface area (Å²) in [4.78, 5) is 20.0. The molecular formula is C23H24N2OS. The molecule has 5 rings (SSSR count). The van der Waals surface area contributed by atoms with E-state index in [-0.39, 0.29) is 11.9 Å². The number of likely N-dealkylation sites (tertiary alicyclic amines) is 1. The van der Waals surface area contributed by atoms with Crippen LogP contribution in [0.3, 0.4) is 0 Å². The largest absolute Gasteiger partial charge is 0.333 e. The van der Waals surface area contributed by atoms with Crippen molar-refractivity contribution >= 4 is 27.5 Å². The van der Waals surface area contributed by atoms with Gasteiger partial charge in [-0.3, -0.25) is 4.79 Å². The summed E-state index contributed by atoms with van der Waals surface area (Å²) in [7, 11) is 0. The minimum absolute atomic E-state index is 0.146. The van der Waals surface area contributed by atoms with E-state index >= 15 is 0 Å². The van der Waals surface area contributed by atoms with Crippen molar-refractivity contribution in [3.05, 3.63) is 64.2 Å². The van der Waals surface area contributed by atoms with Gasteiger partial charge in [0.25, 0.3) is 0 Å². The quantitative estimate of drug-likeness (QED) is 0.638. The van der Waals surface area contributed by atoms with Crippen LogP contribution in [0.5, 0.6) is 0 Å². The summed E-state index contributed by atoms with van der Waals surface area (Å²) >= 11 is 1.74. The van der Waals surface area contributed by atoms with Gasteiger partial charge in [0.15, 0.2) is 0 Å². The summed E-state index contributed by atoms with van der Waals surface area (Å²) in [6.07, 6.45) is 7.52. The molecule has 1 amide bonds. The van der Waals surface area contributed by atoms with Crippen LogP contribution in [-0.4, -0.2) is 22.3 Å². The van der Waals surface area contributed by atoms with Crippen LogP contribution in [0.1, 0.15) is 53.4 Å². The van der Waals surface area contributed by atoms with Crippen LogP contribution >= 0.6 is 11.3 Å². The fourth-order valence-electron chi connectivity index (χ4n) is 4.53. The summed E-state index contributed by atoms with van der Waals surface area (Å²) in [5.74, 6) is 0.243. The highest BCUT2D eigenvalue weighted by molar-refractivity contribution is 7.18. The van der Waals surface area contributed by atoms with Gasteiger partial charge in [0.05, 0.1) is 22.7 Å². The van der Waals surface area contributed by atoms with E-state index in [0.29, 0.717) is 6.42 Å². The highest BCUT2D eigenvalue weighted by Crippen LogP contribution is 2.36. The second-order valence-corrected chi connectivity index (χ2v) is 8.81. The van der Waals surface area contributed by atoms with Crippen LogP contribution in [0.2, 0.25) is 0 Å². The Bertz CT molecular complexity index is 960. The molecule has 1 aliphatic heterocycles. The predicted octanol–water partition coefficient (Wildman–Crippen LogP) is 5.08. The van der Waals surface area contributed by atoms with Gasteiger partial charge < -0.3 is 4.90 Å². The van der Waals surface area contributed by atoms with Crippen molar-refractivity contribution in [3.8, 4) is 0 Å². The van der Waals surface area contributed by atoms with Gasteiger partial charge in [-0.05, 0) is 67.3 Å². The topological polar surface area (TPSA) is 33.2 Å². The smallest absolute Gasteiger partial charge is 0.227 e. The van der Waals surface area contributed by atoms with Crippen molar-refractivity contribution in [2.75, 3.05) is 6.54 Å². The van der Waals surface area contributed by atoms with E-state index < -0.39 is 0 Å². The molecule has 1 aromatic heterocycles. The predicted molar refractivity (Wildman–Crippen MR) is 110 cm³/mol. The number of aryl methyl sites for hydroxylation is 2. The molecule has 0 bridgehead atoms. The van der Waals surface area contributed by atoms with Crippen molar-refractivity contribution < 1.29 is 4.79 Å². The van der Waals surface area contributed by atoms with Gasteiger partial charge in [-0.15, -0.1) is 11.3 Å². The first-order valence-corrected chi connectivity index (χ1v) is 10.9. The molecule has 1 saturated heterocycles. The van der Waals surface area contributed by atoms with Gasteiger partial charge >= 0.3 is 0 Å². The number of nitrogens with zero attached hydrogens (tertiary/aromatic N) is 2.